The van der Waals surface area contributed by atoms with Gasteiger partial charge in [0.2, 0.25) is 0 Å². The number of para-hydroxylation sites is 2. The first kappa shape index (κ1) is 18.0. The van der Waals surface area contributed by atoms with E-state index in [4.69, 9.17) is 4.74 Å². The Morgan fingerprint density at radius 2 is 1.82 bits per heavy atom. The number of piperazine rings is 1. The van der Waals surface area contributed by atoms with Crippen molar-refractivity contribution in [1.82, 2.24) is 14.3 Å². The molecule has 0 N–H and O–H groups in total. The molecule has 3 heterocycles. The van der Waals surface area contributed by atoms with Gasteiger partial charge in [0.05, 0.1) is 12.3 Å². The van der Waals surface area contributed by atoms with Gasteiger partial charge in [-0.05, 0) is 31.2 Å². The average Bonchev–Trinajstić information content (AvgIpc) is 2.75. The Hall–Kier alpha value is -3.35. The SMILES string of the molecule is CCOc1ccccc1N1CCN(C(=O)c2cnc3ccccn3c2=O)CC1. The van der Waals surface area contributed by atoms with E-state index in [0.717, 1.165) is 11.4 Å². The number of amides is 1. The van der Waals surface area contributed by atoms with Crippen molar-refractivity contribution < 1.29 is 9.53 Å². The number of ether oxygens (including phenoxy) is 1. The number of hydrogen-bond donors (Lipinski definition) is 0. The maximum Gasteiger partial charge on any atom is 0.270 e. The number of carbonyl (C=O) groups excluding carboxylic acids is 1. The van der Waals surface area contributed by atoms with Crippen LogP contribution in [0.3, 0.4) is 0 Å². The van der Waals surface area contributed by atoms with Crippen LogP contribution >= 0.6 is 0 Å². The van der Waals surface area contributed by atoms with E-state index < -0.39 is 0 Å². The zero-order chi connectivity index (χ0) is 19.5. The molecule has 3 aromatic rings. The van der Waals surface area contributed by atoms with Crippen LogP contribution in [-0.2, 0) is 0 Å². The molecule has 1 fully saturated rings. The van der Waals surface area contributed by atoms with Gasteiger partial charge in [-0.2, -0.15) is 0 Å². The highest BCUT2D eigenvalue weighted by atomic mass is 16.5. The number of aromatic nitrogens is 2. The summed E-state index contributed by atoms with van der Waals surface area (Å²) in [5.74, 6) is 0.579. The highest BCUT2D eigenvalue weighted by Gasteiger charge is 2.25. The quantitative estimate of drug-likeness (QED) is 0.695. The smallest absolute Gasteiger partial charge is 0.270 e. The molecule has 1 aromatic carbocycles. The Bertz CT molecular complexity index is 1050. The van der Waals surface area contributed by atoms with Crippen LogP contribution in [0.5, 0.6) is 5.75 Å². The third-order valence-electron chi connectivity index (χ3n) is 4.92. The maximum atomic E-state index is 12.9. The van der Waals surface area contributed by atoms with Crippen molar-refractivity contribution in [3.63, 3.8) is 0 Å². The van der Waals surface area contributed by atoms with Crippen LogP contribution < -0.4 is 15.2 Å². The molecule has 0 saturated carbocycles. The number of fused-ring (bicyclic) bond motifs is 1. The normalized spacial score (nSPS) is 14.3. The van der Waals surface area contributed by atoms with Gasteiger partial charge < -0.3 is 14.5 Å². The second-order valence-corrected chi connectivity index (χ2v) is 6.59. The summed E-state index contributed by atoms with van der Waals surface area (Å²) in [4.78, 5) is 33.7. The molecular formula is C21H22N4O3. The summed E-state index contributed by atoms with van der Waals surface area (Å²) in [6.45, 7) is 5.00. The minimum absolute atomic E-state index is 0.104. The van der Waals surface area contributed by atoms with Gasteiger partial charge in [0.25, 0.3) is 11.5 Å². The first-order valence-electron chi connectivity index (χ1n) is 9.41. The molecule has 4 rings (SSSR count). The first-order chi connectivity index (χ1) is 13.7. The van der Waals surface area contributed by atoms with Gasteiger partial charge in [-0.1, -0.05) is 18.2 Å². The molecule has 1 amide bonds. The molecule has 0 unspecified atom stereocenters. The average molecular weight is 378 g/mol. The molecule has 1 aliphatic heterocycles. The van der Waals surface area contributed by atoms with Crippen molar-refractivity contribution in [2.45, 2.75) is 6.92 Å². The second-order valence-electron chi connectivity index (χ2n) is 6.59. The van der Waals surface area contributed by atoms with E-state index in [2.05, 4.69) is 9.88 Å². The van der Waals surface area contributed by atoms with Crippen molar-refractivity contribution in [2.75, 3.05) is 37.7 Å². The fourth-order valence-electron chi connectivity index (χ4n) is 3.49. The van der Waals surface area contributed by atoms with E-state index in [1.54, 1.807) is 23.2 Å². The number of carbonyl (C=O) groups is 1. The Kier molecular flexibility index (Phi) is 4.97. The summed E-state index contributed by atoms with van der Waals surface area (Å²) in [5.41, 5.74) is 1.33. The molecule has 28 heavy (non-hydrogen) atoms. The molecule has 0 radical (unpaired) electrons. The molecule has 0 aliphatic carbocycles. The largest absolute Gasteiger partial charge is 0.492 e. The standard InChI is InChI=1S/C21H22N4O3/c1-2-28-18-8-4-3-7-17(18)23-11-13-24(14-12-23)20(26)16-15-22-19-9-5-6-10-25(19)21(16)27/h3-10,15H,2,11-14H2,1H3. The third kappa shape index (κ3) is 3.31. The predicted octanol–water partition coefficient (Wildman–Crippen LogP) is 2.06. The van der Waals surface area contributed by atoms with Crippen molar-refractivity contribution in [1.29, 1.82) is 0 Å². The lowest BCUT2D eigenvalue weighted by Gasteiger charge is -2.36. The molecule has 0 atom stereocenters. The van der Waals surface area contributed by atoms with Crippen LogP contribution in [-0.4, -0.2) is 53.0 Å². The summed E-state index contributed by atoms with van der Waals surface area (Å²) < 4.78 is 7.12. The topological polar surface area (TPSA) is 67.2 Å². The highest BCUT2D eigenvalue weighted by molar-refractivity contribution is 5.94. The van der Waals surface area contributed by atoms with Gasteiger partial charge in [-0.3, -0.25) is 14.0 Å². The van der Waals surface area contributed by atoms with Crippen LogP contribution in [0.4, 0.5) is 5.69 Å². The Morgan fingerprint density at radius 3 is 2.61 bits per heavy atom. The van der Waals surface area contributed by atoms with Crippen molar-refractivity contribution in [3.8, 4) is 5.75 Å². The summed E-state index contributed by atoms with van der Waals surface area (Å²) in [7, 11) is 0. The lowest BCUT2D eigenvalue weighted by atomic mass is 10.2. The predicted molar refractivity (Wildman–Crippen MR) is 107 cm³/mol. The minimum atomic E-state index is -0.334. The molecule has 7 heteroatoms. The number of hydrogen-bond acceptors (Lipinski definition) is 5. The van der Waals surface area contributed by atoms with Gasteiger partial charge in [0.1, 0.15) is 17.0 Å². The Balaban J connectivity index is 1.51. The lowest BCUT2D eigenvalue weighted by Crippen LogP contribution is -2.49. The summed E-state index contributed by atoms with van der Waals surface area (Å²) in [6.07, 6.45) is 3.01. The van der Waals surface area contributed by atoms with E-state index in [-0.39, 0.29) is 17.0 Å². The van der Waals surface area contributed by atoms with Gasteiger partial charge in [0.15, 0.2) is 0 Å². The molecule has 1 aliphatic rings. The molecule has 7 nitrogen and oxygen atoms in total. The van der Waals surface area contributed by atoms with E-state index in [0.29, 0.717) is 38.4 Å². The molecule has 144 valence electrons. The van der Waals surface area contributed by atoms with Gasteiger partial charge in [-0.15, -0.1) is 0 Å². The van der Waals surface area contributed by atoms with Crippen LogP contribution in [0.2, 0.25) is 0 Å². The summed E-state index contributed by atoms with van der Waals surface area (Å²) >= 11 is 0. The van der Waals surface area contributed by atoms with Crippen molar-refractivity contribution in [2.24, 2.45) is 0 Å². The zero-order valence-electron chi connectivity index (χ0n) is 15.7. The fourth-order valence-corrected chi connectivity index (χ4v) is 3.49. The van der Waals surface area contributed by atoms with E-state index in [1.165, 1.54) is 10.6 Å². The van der Waals surface area contributed by atoms with E-state index in [1.807, 2.05) is 37.3 Å². The Morgan fingerprint density at radius 1 is 1.07 bits per heavy atom. The maximum absolute atomic E-state index is 12.9. The number of anilines is 1. The monoisotopic (exact) mass is 378 g/mol. The van der Waals surface area contributed by atoms with Crippen LogP contribution in [0.15, 0.2) is 59.7 Å². The fraction of sp³-hybridized carbons (Fsp3) is 0.286. The van der Waals surface area contributed by atoms with Crippen LogP contribution in [0.1, 0.15) is 17.3 Å². The lowest BCUT2D eigenvalue weighted by molar-refractivity contribution is 0.0744. The van der Waals surface area contributed by atoms with E-state index in [9.17, 15) is 9.59 Å². The van der Waals surface area contributed by atoms with Crippen LogP contribution in [0.25, 0.3) is 5.65 Å². The van der Waals surface area contributed by atoms with Crippen molar-refractivity contribution >= 4 is 17.2 Å². The Labute approximate surface area is 162 Å². The zero-order valence-corrected chi connectivity index (χ0v) is 15.7. The summed E-state index contributed by atoms with van der Waals surface area (Å²) in [5, 5.41) is 0. The molecule has 0 bridgehead atoms. The number of benzene rings is 1. The van der Waals surface area contributed by atoms with Gasteiger partial charge in [0, 0.05) is 38.6 Å². The number of rotatable bonds is 4. The van der Waals surface area contributed by atoms with E-state index >= 15 is 0 Å². The minimum Gasteiger partial charge on any atom is -0.492 e. The first-order valence-corrected chi connectivity index (χ1v) is 9.41. The van der Waals surface area contributed by atoms with Gasteiger partial charge in [-0.25, -0.2) is 4.98 Å². The van der Waals surface area contributed by atoms with Crippen LogP contribution in [0, 0.1) is 0 Å². The second kappa shape index (κ2) is 7.72. The van der Waals surface area contributed by atoms with Gasteiger partial charge >= 0.3 is 0 Å². The molecule has 1 saturated heterocycles. The number of pyridine rings is 1. The summed E-state index contributed by atoms with van der Waals surface area (Å²) in [6, 6.07) is 13.2. The number of nitrogens with zero attached hydrogens (tertiary/aromatic N) is 4. The molecular weight excluding hydrogens is 356 g/mol. The molecule has 0 spiro atoms. The van der Waals surface area contributed by atoms with Crippen molar-refractivity contribution in [3.05, 3.63) is 70.8 Å². The highest BCUT2D eigenvalue weighted by Crippen LogP contribution is 2.28. The third-order valence-corrected chi connectivity index (χ3v) is 4.92. The molecule has 2 aromatic heterocycles.